The Bertz CT molecular complexity index is 1160. The largest absolute Gasteiger partial charge is 0.496 e. The molecule has 31 heavy (non-hydrogen) atoms. The number of likely N-dealkylation sites (tertiary alicyclic amines) is 1. The van der Waals surface area contributed by atoms with Gasteiger partial charge in [0, 0.05) is 43.5 Å². The lowest BCUT2D eigenvalue weighted by Gasteiger charge is -2.38. The molecule has 0 aromatic heterocycles. The molecule has 5 nitrogen and oxygen atoms in total. The predicted molar refractivity (Wildman–Crippen MR) is 118 cm³/mol. The first-order valence-corrected chi connectivity index (χ1v) is 10.8. The van der Waals surface area contributed by atoms with Gasteiger partial charge < -0.3 is 14.4 Å². The standard InChI is InChI=1S/C26H25NO4/c1-30-23-12-10-18-6-2-3-7-19(18)20(23)11-13-24(28)27-16-14-26(15-17-27)22-9-5-4-8-21(22)25(29)31-26/h2-10,12H,11,13-17H2,1H3. The van der Waals surface area contributed by atoms with Crippen molar-refractivity contribution in [3.05, 3.63) is 77.4 Å². The normalized spacial score (nSPS) is 16.9. The molecule has 2 aliphatic heterocycles. The molecule has 3 aromatic rings. The summed E-state index contributed by atoms with van der Waals surface area (Å²) in [5.74, 6) is 0.694. The molecule has 0 unspecified atom stereocenters. The second kappa shape index (κ2) is 7.73. The van der Waals surface area contributed by atoms with Crippen molar-refractivity contribution in [3.8, 4) is 5.75 Å². The van der Waals surface area contributed by atoms with E-state index in [-0.39, 0.29) is 11.9 Å². The van der Waals surface area contributed by atoms with E-state index in [9.17, 15) is 9.59 Å². The highest BCUT2D eigenvalue weighted by atomic mass is 16.6. The number of piperidine rings is 1. The minimum atomic E-state index is -0.580. The zero-order valence-electron chi connectivity index (χ0n) is 17.6. The molecule has 3 aromatic carbocycles. The Hall–Kier alpha value is -3.34. The SMILES string of the molecule is COc1ccc2ccccc2c1CCC(=O)N1CCC2(CC1)OC(=O)c1ccccc12. The van der Waals surface area contributed by atoms with Crippen LogP contribution in [0.25, 0.3) is 10.8 Å². The van der Waals surface area contributed by atoms with Gasteiger partial charge in [-0.15, -0.1) is 0 Å². The molecule has 1 fully saturated rings. The van der Waals surface area contributed by atoms with Crippen molar-refractivity contribution in [1.29, 1.82) is 0 Å². The molecular weight excluding hydrogens is 390 g/mol. The first-order valence-electron chi connectivity index (χ1n) is 10.8. The Morgan fingerprint density at radius 1 is 1.03 bits per heavy atom. The average molecular weight is 415 g/mol. The van der Waals surface area contributed by atoms with Gasteiger partial charge in [-0.2, -0.15) is 0 Å². The fourth-order valence-electron chi connectivity index (χ4n) is 4.99. The summed E-state index contributed by atoms with van der Waals surface area (Å²) in [4.78, 5) is 27.2. The topological polar surface area (TPSA) is 55.8 Å². The summed E-state index contributed by atoms with van der Waals surface area (Å²) in [6.45, 7) is 1.18. The number of aryl methyl sites for hydroxylation is 1. The number of carbonyl (C=O) groups is 2. The minimum absolute atomic E-state index is 0.127. The third-order valence-corrected chi connectivity index (χ3v) is 6.66. The molecule has 1 amide bonds. The zero-order chi connectivity index (χ0) is 21.4. The number of ether oxygens (including phenoxy) is 2. The lowest BCUT2D eigenvalue weighted by molar-refractivity contribution is -0.135. The number of amides is 1. The van der Waals surface area contributed by atoms with Crippen LogP contribution in [0.2, 0.25) is 0 Å². The highest BCUT2D eigenvalue weighted by molar-refractivity contribution is 5.95. The molecule has 0 N–H and O–H groups in total. The van der Waals surface area contributed by atoms with E-state index < -0.39 is 5.60 Å². The van der Waals surface area contributed by atoms with E-state index >= 15 is 0 Å². The molecule has 0 aliphatic carbocycles. The van der Waals surface area contributed by atoms with E-state index in [1.54, 1.807) is 7.11 Å². The van der Waals surface area contributed by atoms with Crippen LogP contribution >= 0.6 is 0 Å². The predicted octanol–water partition coefficient (Wildman–Crippen LogP) is 4.47. The molecule has 2 heterocycles. The molecule has 5 heteroatoms. The van der Waals surface area contributed by atoms with Crippen LogP contribution in [-0.4, -0.2) is 37.0 Å². The van der Waals surface area contributed by atoms with Crippen molar-refractivity contribution in [2.45, 2.75) is 31.3 Å². The number of methoxy groups -OCH3 is 1. The van der Waals surface area contributed by atoms with E-state index in [0.717, 1.165) is 27.6 Å². The monoisotopic (exact) mass is 415 g/mol. The van der Waals surface area contributed by atoms with Gasteiger partial charge in [0.2, 0.25) is 5.91 Å². The zero-order valence-corrected chi connectivity index (χ0v) is 17.6. The van der Waals surface area contributed by atoms with Gasteiger partial charge >= 0.3 is 5.97 Å². The second-order valence-corrected chi connectivity index (χ2v) is 8.28. The molecule has 2 aliphatic rings. The Morgan fingerprint density at radius 3 is 2.58 bits per heavy atom. The van der Waals surface area contributed by atoms with Gasteiger partial charge in [0.05, 0.1) is 12.7 Å². The highest BCUT2D eigenvalue weighted by Crippen LogP contribution is 2.44. The van der Waals surface area contributed by atoms with Crippen LogP contribution in [0, 0.1) is 0 Å². The molecule has 0 atom stereocenters. The maximum atomic E-state index is 13.0. The van der Waals surface area contributed by atoms with E-state index in [1.807, 2.05) is 53.4 Å². The molecule has 0 bridgehead atoms. The molecule has 0 saturated carbocycles. The summed E-state index contributed by atoms with van der Waals surface area (Å²) in [6.07, 6.45) is 2.33. The number of fused-ring (bicyclic) bond motifs is 3. The number of esters is 1. The number of rotatable bonds is 4. The summed E-state index contributed by atoms with van der Waals surface area (Å²) in [6, 6.07) is 19.8. The van der Waals surface area contributed by atoms with Crippen molar-refractivity contribution in [2.24, 2.45) is 0 Å². The number of nitrogens with zero attached hydrogens (tertiary/aromatic N) is 1. The second-order valence-electron chi connectivity index (χ2n) is 8.28. The molecule has 0 radical (unpaired) electrons. The maximum absolute atomic E-state index is 13.0. The van der Waals surface area contributed by atoms with Crippen LogP contribution in [0.1, 0.15) is 40.7 Å². The van der Waals surface area contributed by atoms with Crippen molar-refractivity contribution < 1.29 is 19.1 Å². The molecule has 5 rings (SSSR count). The Balaban J connectivity index is 1.28. The fraction of sp³-hybridized carbons (Fsp3) is 0.308. The average Bonchev–Trinajstić information content (AvgIpc) is 3.09. The van der Waals surface area contributed by atoms with Gasteiger partial charge in [0.15, 0.2) is 0 Å². The van der Waals surface area contributed by atoms with Crippen molar-refractivity contribution >= 4 is 22.6 Å². The summed E-state index contributed by atoms with van der Waals surface area (Å²) in [5.41, 5.74) is 2.11. The van der Waals surface area contributed by atoms with Crippen LogP contribution in [-0.2, 0) is 21.6 Å². The lowest BCUT2D eigenvalue weighted by Crippen LogP contribution is -2.45. The smallest absolute Gasteiger partial charge is 0.339 e. The maximum Gasteiger partial charge on any atom is 0.339 e. The van der Waals surface area contributed by atoms with Crippen molar-refractivity contribution in [2.75, 3.05) is 20.2 Å². The molecule has 1 spiro atoms. The van der Waals surface area contributed by atoms with E-state index in [2.05, 4.69) is 12.1 Å². The number of benzene rings is 3. The quantitative estimate of drug-likeness (QED) is 0.590. The van der Waals surface area contributed by atoms with Gasteiger partial charge in [0.1, 0.15) is 11.4 Å². The minimum Gasteiger partial charge on any atom is -0.496 e. The van der Waals surface area contributed by atoms with Gasteiger partial charge in [-0.05, 0) is 29.3 Å². The summed E-state index contributed by atoms with van der Waals surface area (Å²) < 4.78 is 11.4. The molecular formula is C26H25NO4. The number of carbonyl (C=O) groups excluding carboxylic acids is 2. The van der Waals surface area contributed by atoms with Gasteiger partial charge in [-0.3, -0.25) is 4.79 Å². The Morgan fingerprint density at radius 2 is 1.77 bits per heavy atom. The van der Waals surface area contributed by atoms with Crippen molar-refractivity contribution in [1.82, 2.24) is 4.90 Å². The fourth-order valence-corrected chi connectivity index (χ4v) is 4.99. The van der Waals surface area contributed by atoms with Crippen LogP contribution in [0.5, 0.6) is 5.75 Å². The van der Waals surface area contributed by atoms with Crippen LogP contribution in [0.4, 0.5) is 0 Å². The van der Waals surface area contributed by atoms with Crippen LogP contribution in [0.15, 0.2) is 60.7 Å². The van der Waals surface area contributed by atoms with E-state index in [0.29, 0.717) is 44.3 Å². The number of hydrogen-bond acceptors (Lipinski definition) is 4. The van der Waals surface area contributed by atoms with Crippen molar-refractivity contribution in [3.63, 3.8) is 0 Å². The van der Waals surface area contributed by atoms with Crippen LogP contribution < -0.4 is 4.74 Å². The first-order chi connectivity index (χ1) is 15.1. The first kappa shape index (κ1) is 19.6. The van der Waals surface area contributed by atoms with Gasteiger partial charge in [-0.25, -0.2) is 4.79 Å². The summed E-state index contributed by atoms with van der Waals surface area (Å²) in [7, 11) is 1.67. The summed E-state index contributed by atoms with van der Waals surface area (Å²) in [5, 5.41) is 2.27. The highest BCUT2D eigenvalue weighted by Gasteiger charge is 2.47. The number of hydrogen-bond donors (Lipinski definition) is 0. The van der Waals surface area contributed by atoms with Crippen LogP contribution in [0.3, 0.4) is 0 Å². The molecule has 158 valence electrons. The van der Waals surface area contributed by atoms with E-state index in [4.69, 9.17) is 9.47 Å². The van der Waals surface area contributed by atoms with E-state index in [1.165, 1.54) is 0 Å². The Labute approximate surface area is 181 Å². The third-order valence-electron chi connectivity index (χ3n) is 6.66. The molecule has 1 saturated heterocycles. The summed E-state index contributed by atoms with van der Waals surface area (Å²) >= 11 is 0. The Kier molecular flexibility index (Phi) is 4.89. The van der Waals surface area contributed by atoms with Gasteiger partial charge in [-0.1, -0.05) is 48.5 Å². The van der Waals surface area contributed by atoms with Gasteiger partial charge in [0.25, 0.3) is 0 Å². The third kappa shape index (κ3) is 3.34. The lowest BCUT2D eigenvalue weighted by atomic mass is 9.83.